The average molecular weight is 313 g/mol. The fourth-order valence-corrected chi connectivity index (χ4v) is 4.76. The standard InChI is InChI=1S/C11H11N3O4S2/c15-11(16)9-10(8-2-1-4-19-8)14(13-12-9)7-3-5-20(17,18)6-7/h1-2,4,7H,3,5-6H2,(H,15,16). The van der Waals surface area contributed by atoms with E-state index < -0.39 is 15.8 Å². The van der Waals surface area contributed by atoms with Crippen LogP contribution >= 0.6 is 11.3 Å². The molecule has 0 radical (unpaired) electrons. The molecule has 1 aliphatic heterocycles. The minimum atomic E-state index is -3.07. The van der Waals surface area contributed by atoms with Crippen molar-refractivity contribution < 1.29 is 18.3 Å². The van der Waals surface area contributed by atoms with Gasteiger partial charge in [-0.05, 0) is 17.9 Å². The number of thiophene rings is 1. The van der Waals surface area contributed by atoms with Gasteiger partial charge in [-0.25, -0.2) is 17.9 Å². The van der Waals surface area contributed by atoms with Crippen molar-refractivity contribution in [1.82, 2.24) is 15.0 Å². The van der Waals surface area contributed by atoms with Gasteiger partial charge in [0.15, 0.2) is 15.5 Å². The number of aromatic carboxylic acids is 1. The summed E-state index contributed by atoms with van der Waals surface area (Å²) in [5.74, 6) is -1.09. The van der Waals surface area contributed by atoms with Gasteiger partial charge in [0.05, 0.1) is 22.4 Å². The van der Waals surface area contributed by atoms with Crippen molar-refractivity contribution in [2.24, 2.45) is 0 Å². The lowest BCUT2D eigenvalue weighted by Crippen LogP contribution is -2.14. The molecule has 0 aromatic carbocycles. The molecule has 3 heterocycles. The number of sulfone groups is 1. The zero-order chi connectivity index (χ0) is 14.3. The summed E-state index contributed by atoms with van der Waals surface area (Å²) < 4.78 is 24.6. The molecule has 1 aliphatic rings. The van der Waals surface area contributed by atoms with Crippen LogP contribution in [0.25, 0.3) is 10.6 Å². The zero-order valence-electron chi connectivity index (χ0n) is 10.3. The molecule has 0 amide bonds. The van der Waals surface area contributed by atoms with Crippen LogP contribution in [0.4, 0.5) is 0 Å². The predicted molar refractivity (Wildman–Crippen MR) is 72.6 cm³/mol. The molecule has 1 atom stereocenters. The van der Waals surface area contributed by atoms with Crippen LogP contribution in [0, 0.1) is 0 Å². The summed E-state index contributed by atoms with van der Waals surface area (Å²) in [4.78, 5) is 12.0. The van der Waals surface area contributed by atoms with Crippen LogP contribution in [0.1, 0.15) is 23.0 Å². The van der Waals surface area contributed by atoms with Crippen molar-refractivity contribution in [1.29, 1.82) is 0 Å². The summed E-state index contributed by atoms with van der Waals surface area (Å²) in [6, 6.07) is 3.22. The normalized spacial score (nSPS) is 21.1. The third-order valence-corrected chi connectivity index (χ3v) is 5.83. The van der Waals surface area contributed by atoms with Gasteiger partial charge in [0.2, 0.25) is 0 Å². The van der Waals surface area contributed by atoms with E-state index >= 15 is 0 Å². The Morgan fingerprint density at radius 2 is 2.30 bits per heavy atom. The highest BCUT2D eigenvalue weighted by Gasteiger charge is 2.33. The van der Waals surface area contributed by atoms with Gasteiger partial charge < -0.3 is 5.11 Å². The first-order valence-electron chi connectivity index (χ1n) is 5.91. The van der Waals surface area contributed by atoms with Crippen molar-refractivity contribution in [3.63, 3.8) is 0 Å². The topological polar surface area (TPSA) is 102 Å². The molecule has 3 rings (SSSR count). The number of carboxylic acids is 1. The SMILES string of the molecule is O=C(O)c1nnn(C2CCS(=O)(=O)C2)c1-c1cccs1. The third kappa shape index (κ3) is 2.22. The lowest BCUT2D eigenvalue weighted by atomic mass is 10.2. The predicted octanol–water partition coefficient (Wildman–Crippen LogP) is 1.06. The van der Waals surface area contributed by atoms with E-state index in [1.807, 2.05) is 5.38 Å². The van der Waals surface area contributed by atoms with E-state index in [2.05, 4.69) is 10.3 Å². The van der Waals surface area contributed by atoms with Crippen molar-refractivity contribution in [3.8, 4) is 10.6 Å². The second kappa shape index (κ2) is 4.67. The van der Waals surface area contributed by atoms with E-state index in [1.54, 1.807) is 12.1 Å². The van der Waals surface area contributed by atoms with Gasteiger partial charge in [0, 0.05) is 0 Å². The van der Waals surface area contributed by atoms with Crippen LogP contribution in [-0.2, 0) is 9.84 Å². The molecule has 7 nitrogen and oxygen atoms in total. The second-order valence-electron chi connectivity index (χ2n) is 4.57. The molecule has 1 fully saturated rings. The zero-order valence-corrected chi connectivity index (χ0v) is 11.9. The Morgan fingerprint density at radius 1 is 1.50 bits per heavy atom. The number of hydrogen-bond donors (Lipinski definition) is 1. The van der Waals surface area contributed by atoms with Crippen molar-refractivity contribution in [2.75, 3.05) is 11.5 Å². The van der Waals surface area contributed by atoms with Gasteiger partial charge >= 0.3 is 5.97 Å². The molecule has 9 heteroatoms. The summed E-state index contributed by atoms with van der Waals surface area (Å²) in [7, 11) is -3.07. The number of carboxylic acid groups (broad SMARTS) is 1. The Bertz CT molecular complexity index is 749. The quantitative estimate of drug-likeness (QED) is 0.909. The molecule has 2 aromatic heterocycles. The van der Waals surface area contributed by atoms with Gasteiger partial charge in [-0.1, -0.05) is 11.3 Å². The molecular weight excluding hydrogens is 302 g/mol. The molecule has 1 saturated heterocycles. The monoisotopic (exact) mass is 313 g/mol. The number of rotatable bonds is 3. The minimum absolute atomic E-state index is 0.0200. The van der Waals surface area contributed by atoms with Crippen LogP contribution < -0.4 is 0 Å². The molecule has 1 N–H and O–H groups in total. The summed E-state index contributed by atoms with van der Waals surface area (Å²) in [6.45, 7) is 0. The number of hydrogen-bond acceptors (Lipinski definition) is 6. The van der Waals surface area contributed by atoms with Gasteiger partial charge in [-0.15, -0.1) is 16.4 Å². The molecule has 0 bridgehead atoms. The lowest BCUT2D eigenvalue weighted by molar-refractivity contribution is 0.0691. The molecule has 106 valence electrons. The number of carbonyl (C=O) groups is 1. The summed E-state index contributed by atoms with van der Waals surface area (Å²) in [5.41, 5.74) is 0.242. The van der Waals surface area contributed by atoms with Gasteiger partial charge in [0.25, 0.3) is 0 Å². The van der Waals surface area contributed by atoms with E-state index in [1.165, 1.54) is 16.0 Å². The Labute approximate surface area is 118 Å². The molecule has 0 aliphatic carbocycles. The van der Waals surface area contributed by atoms with Gasteiger partial charge in [-0.3, -0.25) is 0 Å². The maximum Gasteiger partial charge on any atom is 0.358 e. The molecule has 20 heavy (non-hydrogen) atoms. The first-order chi connectivity index (χ1) is 9.48. The highest BCUT2D eigenvalue weighted by atomic mass is 32.2. The van der Waals surface area contributed by atoms with Crippen LogP contribution in [0.15, 0.2) is 17.5 Å². The summed E-state index contributed by atoms with van der Waals surface area (Å²) in [6.07, 6.45) is 0.434. The van der Waals surface area contributed by atoms with E-state index in [4.69, 9.17) is 0 Å². The second-order valence-corrected chi connectivity index (χ2v) is 7.75. The van der Waals surface area contributed by atoms with Crippen LogP contribution in [0.2, 0.25) is 0 Å². The third-order valence-electron chi connectivity index (χ3n) is 3.21. The van der Waals surface area contributed by atoms with E-state index in [9.17, 15) is 18.3 Å². The van der Waals surface area contributed by atoms with E-state index in [0.717, 1.165) is 4.88 Å². The highest BCUT2D eigenvalue weighted by Crippen LogP contribution is 2.32. The van der Waals surface area contributed by atoms with Crippen LogP contribution in [0.5, 0.6) is 0 Å². The Hall–Kier alpha value is -1.74. The molecule has 0 saturated carbocycles. The van der Waals surface area contributed by atoms with Crippen molar-refractivity contribution in [3.05, 3.63) is 23.2 Å². The Morgan fingerprint density at radius 3 is 2.85 bits per heavy atom. The maximum absolute atomic E-state index is 11.6. The number of nitrogens with zero attached hydrogens (tertiary/aromatic N) is 3. The largest absolute Gasteiger partial charge is 0.476 e. The summed E-state index contributed by atoms with van der Waals surface area (Å²) >= 11 is 1.37. The van der Waals surface area contributed by atoms with Crippen LogP contribution in [-0.4, -0.2) is 46.0 Å². The fraction of sp³-hybridized carbons (Fsp3) is 0.364. The number of aromatic nitrogens is 3. The first-order valence-corrected chi connectivity index (χ1v) is 8.61. The molecular formula is C11H11N3O4S2. The smallest absolute Gasteiger partial charge is 0.358 e. The van der Waals surface area contributed by atoms with E-state index in [-0.39, 0.29) is 23.2 Å². The lowest BCUT2D eigenvalue weighted by Gasteiger charge is -2.11. The average Bonchev–Trinajstić information content (AvgIpc) is 3.04. The first kappa shape index (κ1) is 13.3. The summed E-state index contributed by atoms with van der Waals surface area (Å²) in [5, 5.41) is 18.6. The molecule has 1 unspecified atom stereocenters. The van der Waals surface area contributed by atoms with Crippen molar-refractivity contribution >= 4 is 27.1 Å². The fourth-order valence-electron chi connectivity index (χ4n) is 2.30. The minimum Gasteiger partial charge on any atom is -0.476 e. The Balaban J connectivity index is 2.11. The van der Waals surface area contributed by atoms with Crippen LogP contribution in [0.3, 0.4) is 0 Å². The maximum atomic E-state index is 11.6. The molecule has 0 spiro atoms. The van der Waals surface area contributed by atoms with Crippen molar-refractivity contribution in [2.45, 2.75) is 12.5 Å². The van der Waals surface area contributed by atoms with Gasteiger partial charge in [0.1, 0.15) is 5.69 Å². The Kier molecular flexibility index (Phi) is 3.09. The van der Waals surface area contributed by atoms with Gasteiger partial charge in [-0.2, -0.15) is 0 Å². The molecule has 2 aromatic rings. The highest BCUT2D eigenvalue weighted by molar-refractivity contribution is 7.91. The van der Waals surface area contributed by atoms with E-state index in [0.29, 0.717) is 12.1 Å².